The summed E-state index contributed by atoms with van der Waals surface area (Å²) in [4.78, 5) is 27.1. The minimum Gasteiger partial charge on any atom is -0.494 e. The smallest absolute Gasteiger partial charge is 0.416 e. The molecular weight excluding hydrogens is 441 g/mol. The Bertz CT molecular complexity index is 1510. The Labute approximate surface area is 182 Å². The number of alkyl halides is 3. The number of fused-ring (bicyclic) bond motifs is 1. The highest BCUT2D eigenvalue weighted by atomic mass is 19.4. The highest BCUT2D eigenvalue weighted by Crippen LogP contribution is 2.32. The minimum atomic E-state index is -4.63. The summed E-state index contributed by atoms with van der Waals surface area (Å²) in [5.74, 6) is -0.691. The van der Waals surface area contributed by atoms with Crippen molar-refractivity contribution in [1.29, 1.82) is 0 Å². The molecule has 0 atom stereocenters. The fraction of sp³-hybridized carbons (Fsp3) is 0.0952. The molecule has 2 aromatic carbocycles. The number of rotatable bonds is 4. The van der Waals surface area contributed by atoms with Gasteiger partial charge < -0.3 is 5.11 Å². The Kier molecular flexibility index (Phi) is 5.42. The second-order valence-corrected chi connectivity index (χ2v) is 6.93. The van der Waals surface area contributed by atoms with Gasteiger partial charge in [0.25, 0.3) is 11.1 Å². The zero-order valence-corrected chi connectivity index (χ0v) is 16.9. The zero-order valence-electron chi connectivity index (χ0n) is 16.9. The van der Waals surface area contributed by atoms with Gasteiger partial charge in [-0.15, -0.1) is 10.2 Å². The van der Waals surface area contributed by atoms with Crippen molar-refractivity contribution in [2.24, 2.45) is 5.10 Å². The summed E-state index contributed by atoms with van der Waals surface area (Å²) in [7, 11) is 0. The molecule has 4 rings (SSSR count). The van der Waals surface area contributed by atoms with Gasteiger partial charge >= 0.3 is 6.18 Å². The first-order valence-electron chi connectivity index (χ1n) is 9.44. The first kappa shape index (κ1) is 21.7. The molecule has 0 aliphatic carbocycles. The van der Waals surface area contributed by atoms with Gasteiger partial charge in [0.15, 0.2) is 0 Å². The number of hydrogen-bond acceptors (Lipinski definition) is 7. The highest BCUT2D eigenvalue weighted by molar-refractivity contribution is 6.01. The molecule has 0 aliphatic heterocycles. The SMILES string of the molecule is Cc1nnc(N/N=C/c2c(O)n(-c3cccc(C(F)(F)F)c3)c(=O)c3ccccc23)[nH]c1=O. The van der Waals surface area contributed by atoms with E-state index in [9.17, 15) is 27.9 Å². The number of halogens is 3. The molecule has 0 spiro atoms. The molecular formula is C21H15F3N6O3. The average molecular weight is 456 g/mol. The number of nitrogens with one attached hydrogen (secondary N) is 2. The van der Waals surface area contributed by atoms with Crippen LogP contribution in [0.5, 0.6) is 5.88 Å². The molecule has 0 unspecified atom stereocenters. The Morgan fingerprint density at radius 1 is 1.09 bits per heavy atom. The van der Waals surface area contributed by atoms with Crippen LogP contribution in [-0.4, -0.2) is 31.1 Å². The third-order valence-corrected chi connectivity index (χ3v) is 4.76. The molecule has 33 heavy (non-hydrogen) atoms. The van der Waals surface area contributed by atoms with E-state index in [0.29, 0.717) is 5.39 Å². The number of aromatic nitrogens is 4. The van der Waals surface area contributed by atoms with E-state index in [2.05, 4.69) is 25.7 Å². The van der Waals surface area contributed by atoms with Crippen LogP contribution in [0.4, 0.5) is 19.1 Å². The number of aromatic amines is 1. The first-order valence-corrected chi connectivity index (χ1v) is 9.44. The topological polar surface area (TPSA) is 125 Å². The fourth-order valence-corrected chi connectivity index (χ4v) is 3.15. The minimum absolute atomic E-state index is 0.0533. The fourth-order valence-electron chi connectivity index (χ4n) is 3.15. The monoisotopic (exact) mass is 456 g/mol. The summed E-state index contributed by atoms with van der Waals surface area (Å²) in [6.07, 6.45) is -3.48. The van der Waals surface area contributed by atoms with Crippen LogP contribution in [-0.2, 0) is 6.18 Å². The molecule has 168 valence electrons. The summed E-state index contributed by atoms with van der Waals surface area (Å²) in [5, 5.41) is 22.6. The van der Waals surface area contributed by atoms with Gasteiger partial charge in [-0.3, -0.25) is 14.6 Å². The summed E-state index contributed by atoms with van der Waals surface area (Å²) in [6.45, 7) is 1.47. The third kappa shape index (κ3) is 4.18. The molecule has 0 aliphatic rings. The number of benzene rings is 2. The van der Waals surface area contributed by atoms with Gasteiger partial charge in [-0.05, 0) is 31.2 Å². The zero-order chi connectivity index (χ0) is 23.8. The number of anilines is 1. The molecule has 0 bridgehead atoms. The average Bonchev–Trinajstić information content (AvgIpc) is 2.78. The van der Waals surface area contributed by atoms with Crippen LogP contribution < -0.4 is 16.5 Å². The molecule has 2 aromatic heterocycles. The Morgan fingerprint density at radius 2 is 1.82 bits per heavy atom. The van der Waals surface area contributed by atoms with Crippen LogP contribution >= 0.6 is 0 Å². The number of pyridine rings is 1. The van der Waals surface area contributed by atoms with Crippen LogP contribution in [0, 0.1) is 6.92 Å². The van der Waals surface area contributed by atoms with Gasteiger partial charge in [0.2, 0.25) is 11.8 Å². The van der Waals surface area contributed by atoms with Gasteiger partial charge in [0.1, 0.15) is 5.69 Å². The van der Waals surface area contributed by atoms with Crippen molar-refractivity contribution in [3.8, 4) is 11.6 Å². The van der Waals surface area contributed by atoms with Crippen molar-refractivity contribution in [3.63, 3.8) is 0 Å². The second-order valence-electron chi connectivity index (χ2n) is 6.93. The van der Waals surface area contributed by atoms with E-state index in [1.165, 1.54) is 19.1 Å². The predicted molar refractivity (Wildman–Crippen MR) is 115 cm³/mol. The van der Waals surface area contributed by atoms with Crippen LogP contribution in [0.3, 0.4) is 0 Å². The van der Waals surface area contributed by atoms with Crippen molar-refractivity contribution >= 4 is 22.9 Å². The number of aromatic hydroxyl groups is 1. The molecule has 0 amide bonds. The molecule has 3 N–H and O–H groups in total. The van der Waals surface area contributed by atoms with Crippen molar-refractivity contribution in [2.75, 3.05) is 5.43 Å². The first-order chi connectivity index (χ1) is 15.7. The molecule has 0 saturated carbocycles. The normalized spacial score (nSPS) is 11.9. The predicted octanol–water partition coefficient (Wildman–Crippen LogP) is 2.95. The third-order valence-electron chi connectivity index (χ3n) is 4.76. The lowest BCUT2D eigenvalue weighted by Crippen LogP contribution is -2.21. The Hall–Kier alpha value is -4.48. The standard InChI is InChI=1S/C21H15F3N6O3/c1-11-17(31)26-20(29-27-11)28-25-10-16-14-7-2-3-8-15(14)18(32)30(19(16)33)13-6-4-5-12(9-13)21(22,23)24/h2-10,33H,1H3,(H2,26,28,29,31)/b25-10+. The summed E-state index contributed by atoms with van der Waals surface area (Å²) in [5.41, 5.74) is 0.326. The van der Waals surface area contributed by atoms with Crippen molar-refractivity contribution in [2.45, 2.75) is 13.1 Å². The number of nitrogens with zero attached hydrogens (tertiary/aromatic N) is 4. The number of aryl methyl sites for hydroxylation is 1. The maximum Gasteiger partial charge on any atom is 0.416 e. The molecule has 0 saturated heterocycles. The molecule has 12 heteroatoms. The van der Waals surface area contributed by atoms with Gasteiger partial charge in [-0.25, -0.2) is 9.99 Å². The lowest BCUT2D eigenvalue weighted by molar-refractivity contribution is -0.137. The van der Waals surface area contributed by atoms with E-state index in [0.717, 1.165) is 29.0 Å². The number of hydrogen-bond donors (Lipinski definition) is 3. The Balaban J connectivity index is 1.86. The van der Waals surface area contributed by atoms with Gasteiger partial charge in [0, 0.05) is 10.8 Å². The lowest BCUT2D eigenvalue weighted by atomic mass is 10.1. The quantitative estimate of drug-likeness (QED) is 0.320. The molecule has 0 radical (unpaired) electrons. The van der Waals surface area contributed by atoms with Crippen LogP contribution in [0.15, 0.2) is 63.2 Å². The largest absolute Gasteiger partial charge is 0.494 e. The van der Waals surface area contributed by atoms with Gasteiger partial charge in [-0.2, -0.15) is 18.3 Å². The summed E-state index contributed by atoms with van der Waals surface area (Å²) in [6, 6.07) is 10.3. The Morgan fingerprint density at radius 3 is 2.52 bits per heavy atom. The maximum absolute atomic E-state index is 13.2. The molecule has 2 heterocycles. The van der Waals surface area contributed by atoms with E-state index in [1.807, 2.05) is 0 Å². The van der Waals surface area contributed by atoms with Crippen LogP contribution in [0.25, 0.3) is 16.5 Å². The van der Waals surface area contributed by atoms with Crippen molar-refractivity contribution < 1.29 is 18.3 Å². The van der Waals surface area contributed by atoms with Crippen molar-refractivity contribution in [1.82, 2.24) is 19.7 Å². The van der Waals surface area contributed by atoms with E-state index in [1.54, 1.807) is 18.2 Å². The molecule has 4 aromatic rings. The van der Waals surface area contributed by atoms with Gasteiger partial charge in [-0.1, -0.05) is 24.3 Å². The van der Waals surface area contributed by atoms with Gasteiger partial charge in [0.05, 0.1) is 23.0 Å². The van der Waals surface area contributed by atoms with E-state index >= 15 is 0 Å². The lowest BCUT2D eigenvalue weighted by Gasteiger charge is -2.15. The second kappa shape index (κ2) is 8.22. The molecule has 9 nitrogen and oxygen atoms in total. The summed E-state index contributed by atoms with van der Waals surface area (Å²) >= 11 is 0. The van der Waals surface area contributed by atoms with Crippen LogP contribution in [0.1, 0.15) is 16.8 Å². The van der Waals surface area contributed by atoms with Crippen molar-refractivity contribution in [3.05, 3.63) is 86.1 Å². The van der Waals surface area contributed by atoms with E-state index < -0.39 is 28.7 Å². The summed E-state index contributed by atoms with van der Waals surface area (Å²) < 4.78 is 40.3. The number of H-pyrrole nitrogens is 1. The van der Waals surface area contributed by atoms with E-state index in [4.69, 9.17) is 0 Å². The maximum atomic E-state index is 13.2. The van der Waals surface area contributed by atoms with E-state index in [-0.39, 0.29) is 28.3 Å². The molecule has 0 fully saturated rings. The highest BCUT2D eigenvalue weighted by Gasteiger charge is 2.31. The number of hydrazone groups is 1. The van der Waals surface area contributed by atoms with Crippen LogP contribution in [0.2, 0.25) is 0 Å².